The molecule has 4 N–H and O–H groups in total. The molecule has 0 atom stereocenters. The van der Waals surface area contributed by atoms with Crippen molar-refractivity contribution in [3.8, 4) is 0 Å². The molecule has 1 fully saturated rings. The average Bonchev–Trinajstić information content (AvgIpc) is 2.55. The fourth-order valence-corrected chi connectivity index (χ4v) is 3.63. The van der Waals surface area contributed by atoms with E-state index in [0.29, 0.717) is 12.1 Å². The standard InChI is InChI=1S/C19H25N3O3/c1-12(2)13-5-3-4-6-14(13)21-17(24)16-15(23)11-19(22-18(16)25)7-9-20-10-8-19/h3-6,12,20,23H,7-11H2,1-2H3,(H,21,24)(H,22,25). The fourth-order valence-electron chi connectivity index (χ4n) is 3.63. The van der Waals surface area contributed by atoms with Gasteiger partial charge in [0.15, 0.2) is 0 Å². The summed E-state index contributed by atoms with van der Waals surface area (Å²) in [7, 11) is 0. The van der Waals surface area contributed by atoms with Crippen LogP contribution in [-0.2, 0) is 9.59 Å². The minimum Gasteiger partial charge on any atom is -0.511 e. The summed E-state index contributed by atoms with van der Waals surface area (Å²) < 4.78 is 0. The lowest BCUT2D eigenvalue weighted by molar-refractivity contribution is -0.124. The number of piperidine rings is 1. The Kier molecular flexibility index (Phi) is 4.81. The maximum Gasteiger partial charge on any atom is 0.264 e. The molecule has 0 bridgehead atoms. The lowest BCUT2D eigenvalue weighted by Crippen LogP contribution is -2.58. The Labute approximate surface area is 147 Å². The Hall–Kier alpha value is -2.34. The number of amides is 2. The molecule has 0 aliphatic carbocycles. The number of carbonyl (C=O) groups excluding carboxylic acids is 2. The molecule has 2 amide bonds. The lowest BCUT2D eigenvalue weighted by Gasteiger charge is -2.41. The summed E-state index contributed by atoms with van der Waals surface area (Å²) in [5, 5.41) is 19.4. The summed E-state index contributed by atoms with van der Waals surface area (Å²) in [5.41, 5.74) is 1.04. The Bertz CT molecular complexity index is 718. The zero-order valence-electron chi connectivity index (χ0n) is 14.7. The highest BCUT2D eigenvalue weighted by Gasteiger charge is 2.42. The SMILES string of the molecule is CC(C)c1ccccc1NC(=O)C1=C(O)CC2(CCNCC2)NC1=O. The van der Waals surface area contributed by atoms with Crippen molar-refractivity contribution < 1.29 is 14.7 Å². The maximum atomic E-state index is 12.6. The molecule has 0 saturated carbocycles. The second-order valence-corrected chi connectivity index (χ2v) is 7.18. The largest absolute Gasteiger partial charge is 0.511 e. The zero-order valence-corrected chi connectivity index (χ0v) is 14.7. The van der Waals surface area contributed by atoms with Crippen LogP contribution in [0.5, 0.6) is 0 Å². The number of nitrogens with one attached hydrogen (secondary N) is 3. The van der Waals surface area contributed by atoms with Crippen LogP contribution in [0.1, 0.15) is 44.6 Å². The third-order valence-corrected chi connectivity index (χ3v) is 5.02. The fraction of sp³-hybridized carbons (Fsp3) is 0.474. The highest BCUT2D eigenvalue weighted by molar-refractivity contribution is 6.23. The van der Waals surface area contributed by atoms with Gasteiger partial charge in [-0.25, -0.2) is 0 Å². The number of hydrogen-bond donors (Lipinski definition) is 4. The van der Waals surface area contributed by atoms with Crippen molar-refractivity contribution in [2.24, 2.45) is 0 Å². The van der Waals surface area contributed by atoms with E-state index in [1.54, 1.807) is 6.07 Å². The molecule has 2 heterocycles. The van der Waals surface area contributed by atoms with Crippen LogP contribution in [0.3, 0.4) is 0 Å². The van der Waals surface area contributed by atoms with Gasteiger partial charge in [-0.3, -0.25) is 9.59 Å². The van der Waals surface area contributed by atoms with Gasteiger partial charge in [0.05, 0.1) is 0 Å². The van der Waals surface area contributed by atoms with Crippen LogP contribution >= 0.6 is 0 Å². The van der Waals surface area contributed by atoms with Gasteiger partial charge in [-0.1, -0.05) is 32.0 Å². The van der Waals surface area contributed by atoms with E-state index in [9.17, 15) is 14.7 Å². The normalized spacial score (nSPS) is 19.9. The highest BCUT2D eigenvalue weighted by atomic mass is 16.3. The number of aliphatic hydroxyl groups excluding tert-OH is 1. The van der Waals surface area contributed by atoms with E-state index >= 15 is 0 Å². The molecule has 134 valence electrons. The van der Waals surface area contributed by atoms with Crippen LogP contribution in [0.25, 0.3) is 0 Å². The molecule has 0 aromatic heterocycles. The number of para-hydroxylation sites is 1. The van der Waals surface area contributed by atoms with Crippen LogP contribution in [0.15, 0.2) is 35.6 Å². The summed E-state index contributed by atoms with van der Waals surface area (Å²) in [4.78, 5) is 25.2. The summed E-state index contributed by atoms with van der Waals surface area (Å²) in [6, 6.07) is 7.50. The van der Waals surface area contributed by atoms with Gasteiger partial charge in [-0.05, 0) is 43.5 Å². The van der Waals surface area contributed by atoms with E-state index < -0.39 is 17.4 Å². The van der Waals surface area contributed by atoms with Gasteiger partial charge < -0.3 is 21.1 Å². The number of anilines is 1. The smallest absolute Gasteiger partial charge is 0.264 e. The molecule has 25 heavy (non-hydrogen) atoms. The molecular formula is C19H25N3O3. The van der Waals surface area contributed by atoms with Gasteiger partial charge >= 0.3 is 0 Å². The Morgan fingerprint density at radius 1 is 1.24 bits per heavy atom. The van der Waals surface area contributed by atoms with Crippen molar-refractivity contribution in [1.82, 2.24) is 10.6 Å². The van der Waals surface area contributed by atoms with Crippen molar-refractivity contribution in [1.29, 1.82) is 0 Å². The van der Waals surface area contributed by atoms with Crippen molar-refractivity contribution >= 4 is 17.5 Å². The van der Waals surface area contributed by atoms with E-state index in [1.807, 2.05) is 32.0 Å². The average molecular weight is 343 g/mol. The summed E-state index contributed by atoms with van der Waals surface area (Å²) in [6.45, 7) is 5.65. The Morgan fingerprint density at radius 2 is 1.92 bits per heavy atom. The van der Waals surface area contributed by atoms with E-state index in [2.05, 4.69) is 16.0 Å². The van der Waals surface area contributed by atoms with Crippen LogP contribution in [0, 0.1) is 0 Å². The van der Waals surface area contributed by atoms with Gasteiger partial charge in [0, 0.05) is 17.6 Å². The molecule has 1 saturated heterocycles. The zero-order chi connectivity index (χ0) is 18.0. The first kappa shape index (κ1) is 17.5. The topological polar surface area (TPSA) is 90.5 Å². The third-order valence-electron chi connectivity index (χ3n) is 5.02. The molecule has 6 heteroatoms. The van der Waals surface area contributed by atoms with E-state index in [0.717, 1.165) is 31.5 Å². The highest BCUT2D eigenvalue weighted by Crippen LogP contribution is 2.32. The Balaban J connectivity index is 1.82. The third kappa shape index (κ3) is 3.54. The monoisotopic (exact) mass is 343 g/mol. The van der Waals surface area contributed by atoms with Gasteiger partial charge in [-0.15, -0.1) is 0 Å². The molecule has 1 aromatic carbocycles. The minimum atomic E-state index is -0.563. The number of hydrogen-bond acceptors (Lipinski definition) is 4. The maximum absolute atomic E-state index is 12.6. The molecule has 1 spiro atoms. The van der Waals surface area contributed by atoms with Crippen molar-refractivity contribution in [3.63, 3.8) is 0 Å². The number of rotatable bonds is 3. The molecule has 0 radical (unpaired) electrons. The Morgan fingerprint density at radius 3 is 2.56 bits per heavy atom. The first-order valence-electron chi connectivity index (χ1n) is 8.77. The van der Waals surface area contributed by atoms with Crippen molar-refractivity contribution in [3.05, 3.63) is 41.2 Å². The molecule has 0 unspecified atom stereocenters. The van der Waals surface area contributed by atoms with Crippen LogP contribution in [0.4, 0.5) is 5.69 Å². The van der Waals surface area contributed by atoms with Crippen molar-refractivity contribution in [2.75, 3.05) is 18.4 Å². The predicted molar refractivity (Wildman–Crippen MR) is 96.4 cm³/mol. The first-order chi connectivity index (χ1) is 11.9. The predicted octanol–water partition coefficient (Wildman–Crippen LogP) is 2.20. The first-order valence-corrected chi connectivity index (χ1v) is 8.77. The molecule has 2 aliphatic rings. The van der Waals surface area contributed by atoms with Crippen LogP contribution < -0.4 is 16.0 Å². The summed E-state index contributed by atoms with van der Waals surface area (Å²) in [5.74, 6) is -0.945. The molecule has 6 nitrogen and oxygen atoms in total. The minimum absolute atomic E-state index is 0.120. The van der Waals surface area contributed by atoms with Gasteiger partial charge in [0.1, 0.15) is 11.3 Å². The molecule has 2 aliphatic heterocycles. The number of benzene rings is 1. The number of aliphatic hydroxyl groups is 1. The van der Waals surface area contributed by atoms with Gasteiger partial charge in [0.25, 0.3) is 11.8 Å². The second-order valence-electron chi connectivity index (χ2n) is 7.18. The van der Waals surface area contributed by atoms with E-state index in [1.165, 1.54) is 0 Å². The summed E-state index contributed by atoms with van der Waals surface area (Å²) in [6.07, 6.45) is 1.79. The van der Waals surface area contributed by atoms with E-state index in [4.69, 9.17) is 0 Å². The van der Waals surface area contributed by atoms with Gasteiger partial charge in [0.2, 0.25) is 0 Å². The van der Waals surface area contributed by atoms with Crippen molar-refractivity contribution in [2.45, 2.75) is 44.6 Å². The van der Waals surface area contributed by atoms with Crippen LogP contribution in [-0.4, -0.2) is 35.5 Å². The van der Waals surface area contributed by atoms with E-state index in [-0.39, 0.29) is 17.3 Å². The molecule has 3 rings (SSSR count). The quantitative estimate of drug-likeness (QED) is 0.633. The number of carbonyl (C=O) groups is 2. The second kappa shape index (κ2) is 6.88. The van der Waals surface area contributed by atoms with Gasteiger partial charge in [-0.2, -0.15) is 0 Å². The molecule has 1 aromatic rings. The van der Waals surface area contributed by atoms with Crippen LogP contribution in [0.2, 0.25) is 0 Å². The summed E-state index contributed by atoms with van der Waals surface area (Å²) >= 11 is 0. The lowest BCUT2D eigenvalue weighted by atomic mass is 9.80. The molecular weight excluding hydrogens is 318 g/mol.